The molecule has 2 heterocycles. The van der Waals surface area contributed by atoms with Crippen molar-refractivity contribution >= 4 is 24.8 Å². The number of nitrogens with zero attached hydrogens (tertiary/aromatic N) is 1. The second-order valence-corrected chi connectivity index (χ2v) is 3.33. The molecule has 0 saturated carbocycles. The first kappa shape index (κ1) is 11.5. The zero-order valence-electron chi connectivity index (χ0n) is 6.75. The minimum absolute atomic E-state index is 0. The summed E-state index contributed by atoms with van der Waals surface area (Å²) in [7, 11) is 2.20. The van der Waals surface area contributed by atoms with Crippen molar-refractivity contribution in [1.82, 2.24) is 10.2 Å². The quantitative estimate of drug-likeness (QED) is 0.619. The van der Waals surface area contributed by atoms with Gasteiger partial charge in [0.15, 0.2) is 0 Å². The fourth-order valence-electron chi connectivity index (χ4n) is 1.78. The van der Waals surface area contributed by atoms with E-state index in [1.54, 1.807) is 0 Å². The van der Waals surface area contributed by atoms with E-state index < -0.39 is 0 Å². The van der Waals surface area contributed by atoms with Gasteiger partial charge in [-0.05, 0) is 32.5 Å². The minimum atomic E-state index is 0. The van der Waals surface area contributed by atoms with Crippen molar-refractivity contribution in [2.45, 2.75) is 12.5 Å². The van der Waals surface area contributed by atoms with Crippen molar-refractivity contribution in [3.63, 3.8) is 0 Å². The Balaban J connectivity index is 0.000000500. The van der Waals surface area contributed by atoms with Gasteiger partial charge < -0.3 is 10.2 Å². The summed E-state index contributed by atoms with van der Waals surface area (Å²) in [5, 5.41) is 3.44. The predicted molar refractivity (Wildman–Crippen MR) is 51.9 cm³/mol. The van der Waals surface area contributed by atoms with E-state index in [2.05, 4.69) is 17.3 Å². The molecular weight excluding hydrogens is 183 g/mol. The Kier molecular flexibility index (Phi) is 4.71. The number of nitrogens with one attached hydrogen (secondary N) is 1. The van der Waals surface area contributed by atoms with Gasteiger partial charge in [-0.1, -0.05) is 0 Å². The lowest BCUT2D eigenvalue weighted by molar-refractivity contribution is 0.103. The SMILES string of the molecule is CN1CCC2CNC2C1.Cl.Cl. The van der Waals surface area contributed by atoms with Gasteiger partial charge in [0.1, 0.15) is 0 Å². The molecule has 2 unspecified atom stereocenters. The second kappa shape index (κ2) is 4.51. The van der Waals surface area contributed by atoms with Crippen LogP contribution < -0.4 is 5.32 Å². The predicted octanol–water partition coefficient (Wildman–Crippen LogP) is 0.753. The van der Waals surface area contributed by atoms with Crippen LogP contribution in [-0.2, 0) is 0 Å². The smallest absolute Gasteiger partial charge is 0.0235 e. The zero-order chi connectivity index (χ0) is 6.27. The van der Waals surface area contributed by atoms with Crippen LogP contribution in [0.3, 0.4) is 0 Å². The standard InChI is InChI=1S/C7H14N2.2ClH/c1-9-3-2-6-4-8-7(6)5-9;;/h6-8H,2-5H2,1H3;2*1H. The third kappa shape index (κ3) is 2.22. The summed E-state index contributed by atoms with van der Waals surface area (Å²) < 4.78 is 0. The molecule has 0 aromatic heterocycles. The van der Waals surface area contributed by atoms with Gasteiger partial charge in [0.05, 0.1) is 0 Å². The molecule has 1 N–H and O–H groups in total. The first-order chi connectivity index (χ1) is 4.36. The molecule has 0 aromatic carbocycles. The van der Waals surface area contributed by atoms with Crippen molar-refractivity contribution in [3.05, 3.63) is 0 Å². The van der Waals surface area contributed by atoms with E-state index >= 15 is 0 Å². The third-order valence-electron chi connectivity index (χ3n) is 2.60. The summed E-state index contributed by atoms with van der Waals surface area (Å²) >= 11 is 0. The molecular formula is C7H16Cl2N2. The molecule has 2 nitrogen and oxygen atoms in total. The lowest BCUT2D eigenvalue weighted by Crippen LogP contribution is -2.61. The van der Waals surface area contributed by atoms with Gasteiger partial charge in [0, 0.05) is 12.6 Å². The lowest BCUT2D eigenvalue weighted by atomic mass is 9.85. The molecule has 0 aliphatic carbocycles. The van der Waals surface area contributed by atoms with Crippen LogP contribution in [0.5, 0.6) is 0 Å². The van der Waals surface area contributed by atoms with Crippen LogP contribution in [0, 0.1) is 5.92 Å². The van der Waals surface area contributed by atoms with Gasteiger partial charge in [0.2, 0.25) is 0 Å². The number of hydrogen-bond donors (Lipinski definition) is 1. The number of likely N-dealkylation sites (N-methyl/N-ethyl adjacent to an activating group) is 1. The molecule has 0 radical (unpaired) electrons. The maximum atomic E-state index is 3.44. The highest BCUT2D eigenvalue weighted by atomic mass is 35.5. The molecule has 2 fully saturated rings. The Labute approximate surface area is 80.5 Å². The summed E-state index contributed by atoms with van der Waals surface area (Å²) in [6, 6.07) is 0.837. The van der Waals surface area contributed by atoms with Gasteiger partial charge in [-0.15, -0.1) is 24.8 Å². The Hall–Kier alpha value is 0.500. The van der Waals surface area contributed by atoms with Crippen molar-refractivity contribution in [2.75, 3.05) is 26.7 Å². The van der Waals surface area contributed by atoms with E-state index in [0.717, 1.165) is 12.0 Å². The van der Waals surface area contributed by atoms with Crippen molar-refractivity contribution in [2.24, 2.45) is 5.92 Å². The van der Waals surface area contributed by atoms with E-state index in [4.69, 9.17) is 0 Å². The zero-order valence-corrected chi connectivity index (χ0v) is 8.38. The van der Waals surface area contributed by atoms with E-state index in [-0.39, 0.29) is 24.8 Å². The van der Waals surface area contributed by atoms with Crippen molar-refractivity contribution < 1.29 is 0 Å². The molecule has 2 rings (SSSR count). The molecule has 0 amide bonds. The number of hydrogen-bond acceptors (Lipinski definition) is 2. The monoisotopic (exact) mass is 198 g/mol. The number of halogens is 2. The molecule has 2 aliphatic rings. The summed E-state index contributed by atoms with van der Waals surface area (Å²) in [5.41, 5.74) is 0. The van der Waals surface area contributed by atoms with Gasteiger partial charge in [-0.25, -0.2) is 0 Å². The number of rotatable bonds is 0. The molecule has 68 valence electrons. The van der Waals surface area contributed by atoms with Gasteiger partial charge in [0.25, 0.3) is 0 Å². The number of piperidine rings is 1. The summed E-state index contributed by atoms with van der Waals surface area (Å²) in [4.78, 5) is 2.41. The summed E-state index contributed by atoms with van der Waals surface area (Å²) in [6.45, 7) is 3.85. The maximum absolute atomic E-state index is 3.44. The molecule has 2 saturated heterocycles. The third-order valence-corrected chi connectivity index (χ3v) is 2.60. The van der Waals surface area contributed by atoms with E-state index in [0.29, 0.717) is 0 Å². The van der Waals surface area contributed by atoms with Crippen LogP contribution in [0.25, 0.3) is 0 Å². The Bertz CT molecular complexity index is 121. The average molecular weight is 199 g/mol. The lowest BCUT2D eigenvalue weighted by Gasteiger charge is -2.45. The fraction of sp³-hybridized carbons (Fsp3) is 1.00. The first-order valence-corrected chi connectivity index (χ1v) is 3.78. The van der Waals surface area contributed by atoms with Crippen molar-refractivity contribution in [1.29, 1.82) is 0 Å². The first-order valence-electron chi connectivity index (χ1n) is 3.78. The van der Waals surface area contributed by atoms with Crippen LogP contribution in [0.4, 0.5) is 0 Å². The molecule has 11 heavy (non-hydrogen) atoms. The average Bonchev–Trinajstić information content (AvgIpc) is 1.78. The maximum Gasteiger partial charge on any atom is 0.0235 e. The molecule has 0 bridgehead atoms. The van der Waals surface area contributed by atoms with Gasteiger partial charge >= 0.3 is 0 Å². The largest absolute Gasteiger partial charge is 0.312 e. The highest BCUT2D eigenvalue weighted by Gasteiger charge is 2.33. The Morgan fingerprint density at radius 3 is 2.45 bits per heavy atom. The van der Waals surface area contributed by atoms with Gasteiger partial charge in [-0.2, -0.15) is 0 Å². The second-order valence-electron chi connectivity index (χ2n) is 3.33. The topological polar surface area (TPSA) is 15.3 Å². The molecule has 4 heteroatoms. The highest BCUT2D eigenvalue weighted by molar-refractivity contribution is 5.85. The van der Waals surface area contributed by atoms with Crippen LogP contribution in [0.15, 0.2) is 0 Å². The van der Waals surface area contributed by atoms with Crippen molar-refractivity contribution in [3.8, 4) is 0 Å². The normalized spacial score (nSPS) is 35.7. The van der Waals surface area contributed by atoms with Gasteiger partial charge in [-0.3, -0.25) is 0 Å². The summed E-state index contributed by atoms with van der Waals surface area (Å²) in [6.07, 6.45) is 1.41. The summed E-state index contributed by atoms with van der Waals surface area (Å²) in [5.74, 6) is 1.01. The van der Waals surface area contributed by atoms with E-state index in [9.17, 15) is 0 Å². The van der Waals surface area contributed by atoms with Crippen LogP contribution in [0.1, 0.15) is 6.42 Å². The molecule has 0 spiro atoms. The Morgan fingerprint density at radius 2 is 2.09 bits per heavy atom. The van der Waals surface area contributed by atoms with Crippen LogP contribution in [-0.4, -0.2) is 37.6 Å². The van der Waals surface area contributed by atoms with E-state index in [1.807, 2.05) is 0 Å². The molecule has 2 atom stereocenters. The van der Waals surface area contributed by atoms with E-state index in [1.165, 1.54) is 26.1 Å². The number of likely N-dealkylation sites (tertiary alicyclic amines) is 1. The minimum Gasteiger partial charge on any atom is -0.312 e. The molecule has 2 aliphatic heterocycles. The van der Waals surface area contributed by atoms with Crippen LogP contribution >= 0.6 is 24.8 Å². The highest BCUT2D eigenvalue weighted by Crippen LogP contribution is 2.22. The fourth-order valence-corrected chi connectivity index (χ4v) is 1.78. The Morgan fingerprint density at radius 1 is 1.36 bits per heavy atom. The van der Waals surface area contributed by atoms with Crippen LogP contribution in [0.2, 0.25) is 0 Å². The number of fused-ring (bicyclic) bond motifs is 1. The molecule has 0 aromatic rings.